The molecule has 0 fully saturated rings. The Balaban J connectivity index is 2.14. The molecule has 12 nitrogen and oxygen atoms in total. The molecule has 0 saturated carbocycles. The first-order valence-electron chi connectivity index (χ1n) is 3.84. The molecule has 0 spiro atoms. The average molecular weight is 226 g/mol. The number of azo groups is 2. The summed E-state index contributed by atoms with van der Waals surface area (Å²) in [6, 6.07) is 0. The van der Waals surface area contributed by atoms with Crippen molar-refractivity contribution in [3.05, 3.63) is 20.2 Å². The molecule has 0 aliphatic carbocycles. The second-order valence-electron chi connectivity index (χ2n) is 2.63. The molecule has 2 aliphatic heterocycles. The molecular weight excluding hydrogens is 224 g/mol. The Labute approximate surface area is 85.8 Å². The van der Waals surface area contributed by atoms with E-state index in [-0.39, 0.29) is 0 Å². The van der Waals surface area contributed by atoms with Crippen molar-refractivity contribution >= 4 is 11.9 Å². The second kappa shape index (κ2) is 3.48. The second-order valence-corrected chi connectivity index (χ2v) is 2.63. The monoisotopic (exact) mass is 226 g/mol. The van der Waals surface area contributed by atoms with Crippen LogP contribution in [0.5, 0.6) is 0 Å². The van der Waals surface area contributed by atoms with E-state index in [1.165, 1.54) is 0 Å². The highest BCUT2D eigenvalue weighted by molar-refractivity contribution is 5.74. The van der Waals surface area contributed by atoms with Gasteiger partial charge in [-0.05, 0) is 9.85 Å². The summed E-state index contributed by atoms with van der Waals surface area (Å²) in [5.74, 6) is -1.35. The van der Waals surface area contributed by atoms with Gasteiger partial charge in [0, 0.05) is 0 Å². The van der Waals surface area contributed by atoms with Crippen LogP contribution in [-0.2, 0) is 0 Å². The number of aliphatic imine (C=N–C) groups is 2. The van der Waals surface area contributed by atoms with Crippen molar-refractivity contribution < 1.29 is 9.85 Å². The average Bonchev–Trinajstić information content (AvgIpc) is 2.86. The fourth-order valence-corrected chi connectivity index (χ4v) is 0.981. The largest absolute Gasteiger partial charge is 0.488 e. The van der Waals surface area contributed by atoms with Gasteiger partial charge in [0.05, 0.1) is 10.2 Å². The Morgan fingerprint density at radius 3 is 1.50 bits per heavy atom. The molecule has 0 saturated heterocycles. The van der Waals surface area contributed by atoms with Crippen LogP contribution in [0.15, 0.2) is 30.4 Å². The van der Waals surface area contributed by atoms with Crippen LogP contribution in [0.1, 0.15) is 0 Å². The first-order chi connectivity index (χ1) is 7.58. The molecule has 2 rings (SSSR count). The van der Waals surface area contributed by atoms with E-state index in [2.05, 4.69) is 30.4 Å². The summed E-state index contributed by atoms with van der Waals surface area (Å²) in [5.41, 5.74) is 0. The van der Waals surface area contributed by atoms with Crippen LogP contribution in [0.4, 0.5) is 0 Å². The normalized spacial score (nSPS) is 26.8. The van der Waals surface area contributed by atoms with Gasteiger partial charge in [-0.3, -0.25) is 0 Å². The molecule has 2 atom stereocenters. The molecular formula is C4H2N8O4. The van der Waals surface area contributed by atoms with Crippen molar-refractivity contribution in [2.75, 3.05) is 0 Å². The van der Waals surface area contributed by atoms with Crippen LogP contribution >= 0.6 is 0 Å². The van der Waals surface area contributed by atoms with Gasteiger partial charge in [-0.25, -0.2) is 0 Å². The highest BCUT2D eigenvalue weighted by Gasteiger charge is 2.41. The fraction of sp³-hybridized carbons (Fsp3) is 0.500. The van der Waals surface area contributed by atoms with Gasteiger partial charge in [-0.2, -0.15) is 0 Å². The molecule has 0 aromatic heterocycles. The quantitative estimate of drug-likeness (QED) is 0.448. The number of guanidine groups is 2. The van der Waals surface area contributed by atoms with Crippen molar-refractivity contribution in [3.8, 4) is 0 Å². The number of hydrogen-bond acceptors (Lipinski definition) is 10. The molecule has 0 amide bonds. The van der Waals surface area contributed by atoms with Gasteiger partial charge in [0.1, 0.15) is 0 Å². The first-order valence-corrected chi connectivity index (χ1v) is 3.84. The molecule has 0 aromatic carbocycles. The van der Waals surface area contributed by atoms with Crippen LogP contribution in [0.2, 0.25) is 0 Å². The zero-order chi connectivity index (χ0) is 11.7. The summed E-state index contributed by atoms with van der Waals surface area (Å²) in [6.07, 6.45) is -2.11. The minimum atomic E-state index is -1.05. The fourth-order valence-electron chi connectivity index (χ4n) is 0.981. The van der Waals surface area contributed by atoms with Gasteiger partial charge in [0.15, 0.2) is 0 Å². The van der Waals surface area contributed by atoms with E-state index >= 15 is 0 Å². The van der Waals surface area contributed by atoms with E-state index in [0.717, 1.165) is 0 Å². The lowest BCUT2D eigenvalue weighted by atomic mass is 10.4. The topological polar surface area (TPSA) is 160 Å². The van der Waals surface area contributed by atoms with Crippen LogP contribution in [-0.4, -0.2) is 34.1 Å². The standard InChI is InChI=1S/C4H2N8O4/c13-11(14)3-5-1(7-9-3)2-6-4(10-8-2)12(15)16/h1-2H. The lowest BCUT2D eigenvalue weighted by molar-refractivity contribution is -0.352. The Kier molecular flexibility index (Phi) is 2.15. The van der Waals surface area contributed by atoms with Crippen molar-refractivity contribution in [1.82, 2.24) is 0 Å². The molecule has 82 valence electrons. The van der Waals surface area contributed by atoms with E-state index in [4.69, 9.17) is 0 Å². The zero-order valence-electron chi connectivity index (χ0n) is 7.37. The maximum absolute atomic E-state index is 10.3. The van der Waals surface area contributed by atoms with Crippen molar-refractivity contribution in [2.45, 2.75) is 12.3 Å². The number of nitro groups is 2. The maximum Gasteiger partial charge on any atom is 0.488 e. The predicted molar refractivity (Wildman–Crippen MR) is 46.1 cm³/mol. The van der Waals surface area contributed by atoms with Crippen LogP contribution in [0, 0.1) is 20.2 Å². The van der Waals surface area contributed by atoms with E-state index in [9.17, 15) is 20.2 Å². The van der Waals surface area contributed by atoms with Gasteiger partial charge in [0.25, 0.3) is 12.3 Å². The predicted octanol–water partition coefficient (Wildman–Crippen LogP) is -0.164. The lowest BCUT2D eigenvalue weighted by Crippen LogP contribution is -2.17. The SMILES string of the molecule is O=[N+]([O-])C1=NC(C2N=NC([N+](=O)[O-])=N2)N=N1. The highest BCUT2D eigenvalue weighted by atomic mass is 16.6. The Bertz CT molecular complexity index is 432. The Morgan fingerprint density at radius 1 is 0.875 bits per heavy atom. The Morgan fingerprint density at radius 2 is 1.25 bits per heavy atom. The van der Waals surface area contributed by atoms with Gasteiger partial charge in [-0.15, -0.1) is 0 Å². The molecule has 12 heteroatoms. The van der Waals surface area contributed by atoms with E-state index in [1.807, 2.05) is 0 Å². The summed E-state index contributed by atoms with van der Waals surface area (Å²) < 4.78 is 0. The van der Waals surface area contributed by atoms with Crippen molar-refractivity contribution in [3.63, 3.8) is 0 Å². The first kappa shape index (κ1) is 9.88. The minimum Gasteiger partial charge on any atom is -0.390 e. The molecule has 0 radical (unpaired) electrons. The van der Waals surface area contributed by atoms with Gasteiger partial charge < -0.3 is 20.2 Å². The lowest BCUT2D eigenvalue weighted by Gasteiger charge is -1.92. The van der Waals surface area contributed by atoms with Gasteiger partial charge in [-0.1, -0.05) is 20.2 Å². The molecule has 0 bridgehead atoms. The number of nitrogens with zero attached hydrogens (tertiary/aromatic N) is 8. The van der Waals surface area contributed by atoms with E-state index < -0.39 is 34.1 Å². The van der Waals surface area contributed by atoms with Crippen LogP contribution < -0.4 is 0 Å². The maximum atomic E-state index is 10.3. The molecule has 0 aromatic rings. The third-order valence-corrected chi connectivity index (χ3v) is 1.62. The van der Waals surface area contributed by atoms with Crippen molar-refractivity contribution in [1.29, 1.82) is 0 Å². The summed E-state index contributed by atoms with van der Waals surface area (Å²) in [4.78, 5) is 25.8. The minimum absolute atomic E-state index is 0.676. The molecule has 16 heavy (non-hydrogen) atoms. The molecule has 2 unspecified atom stereocenters. The molecule has 0 N–H and O–H groups in total. The molecule has 2 heterocycles. The smallest absolute Gasteiger partial charge is 0.390 e. The van der Waals surface area contributed by atoms with E-state index in [0.29, 0.717) is 0 Å². The van der Waals surface area contributed by atoms with Gasteiger partial charge >= 0.3 is 11.9 Å². The third kappa shape index (κ3) is 1.62. The van der Waals surface area contributed by atoms with Gasteiger partial charge in [0.2, 0.25) is 0 Å². The van der Waals surface area contributed by atoms with Crippen molar-refractivity contribution in [2.24, 2.45) is 30.4 Å². The number of rotatable bonds is 1. The zero-order valence-corrected chi connectivity index (χ0v) is 7.37. The summed E-state index contributed by atoms with van der Waals surface area (Å²) in [7, 11) is 0. The summed E-state index contributed by atoms with van der Waals surface area (Å²) >= 11 is 0. The summed E-state index contributed by atoms with van der Waals surface area (Å²) in [6.45, 7) is 0. The Hall–Kier alpha value is -2.66. The highest BCUT2D eigenvalue weighted by Crippen LogP contribution is 2.18. The summed E-state index contributed by atoms with van der Waals surface area (Å²) in [5, 5.41) is 33.7. The third-order valence-electron chi connectivity index (χ3n) is 1.62. The van der Waals surface area contributed by atoms with Crippen LogP contribution in [0.25, 0.3) is 0 Å². The van der Waals surface area contributed by atoms with Crippen LogP contribution in [0.3, 0.4) is 0 Å². The molecule has 2 aliphatic rings. The van der Waals surface area contributed by atoms with E-state index in [1.54, 1.807) is 0 Å². The number of hydrogen-bond donors (Lipinski definition) is 0.